The summed E-state index contributed by atoms with van der Waals surface area (Å²) in [5, 5.41) is 4.06. The molecule has 6 nitrogen and oxygen atoms in total. The van der Waals surface area contributed by atoms with Crippen molar-refractivity contribution < 1.29 is 13.7 Å². The van der Waals surface area contributed by atoms with Gasteiger partial charge in [-0.3, -0.25) is 4.79 Å². The van der Waals surface area contributed by atoms with Crippen molar-refractivity contribution >= 4 is 5.91 Å². The first-order valence-electron chi connectivity index (χ1n) is 8.21. The molecule has 0 aliphatic carbocycles. The first kappa shape index (κ1) is 15.8. The minimum atomic E-state index is -0.231. The standard InChI is InChI=1S/C17H23N3O3/c1-5-15-18-16(19-23-15)14-7-6-8-20(14)17(21)11(3)13-9-10(2)22-12(13)4/h9,11,14H,5-8H2,1-4H3/t11-,14+/m0/s1. The summed E-state index contributed by atoms with van der Waals surface area (Å²) in [5.41, 5.74) is 0.959. The van der Waals surface area contributed by atoms with Gasteiger partial charge < -0.3 is 13.8 Å². The van der Waals surface area contributed by atoms with Crippen molar-refractivity contribution in [2.75, 3.05) is 6.54 Å². The zero-order chi connectivity index (χ0) is 16.6. The lowest BCUT2D eigenvalue weighted by molar-refractivity contribution is -0.133. The number of hydrogen-bond donors (Lipinski definition) is 0. The molecule has 0 unspecified atom stereocenters. The minimum Gasteiger partial charge on any atom is -0.466 e. The Kier molecular flexibility index (Phi) is 4.24. The van der Waals surface area contributed by atoms with Crippen molar-refractivity contribution in [1.82, 2.24) is 15.0 Å². The lowest BCUT2D eigenvalue weighted by atomic mass is 9.99. The van der Waals surface area contributed by atoms with Gasteiger partial charge in [0.1, 0.15) is 11.5 Å². The molecule has 0 bridgehead atoms. The summed E-state index contributed by atoms with van der Waals surface area (Å²) in [5.74, 6) is 2.76. The number of rotatable bonds is 4. The van der Waals surface area contributed by atoms with Gasteiger partial charge in [-0.05, 0) is 39.7 Å². The zero-order valence-corrected chi connectivity index (χ0v) is 14.1. The molecule has 0 spiro atoms. The number of carbonyl (C=O) groups is 1. The molecule has 1 amide bonds. The monoisotopic (exact) mass is 317 g/mol. The van der Waals surface area contributed by atoms with E-state index >= 15 is 0 Å². The summed E-state index contributed by atoms with van der Waals surface area (Å²) < 4.78 is 10.8. The lowest BCUT2D eigenvalue weighted by Crippen LogP contribution is -2.34. The number of aryl methyl sites for hydroxylation is 3. The van der Waals surface area contributed by atoms with Crippen LogP contribution in [0.2, 0.25) is 0 Å². The molecule has 1 aliphatic heterocycles. The van der Waals surface area contributed by atoms with E-state index in [4.69, 9.17) is 8.94 Å². The van der Waals surface area contributed by atoms with Crippen LogP contribution in [0, 0.1) is 13.8 Å². The Morgan fingerprint density at radius 2 is 2.26 bits per heavy atom. The van der Waals surface area contributed by atoms with Gasteiger partial charge in [-0.1, -0.05) is 12.1 Å². The zero-order valence-electron chi connectivity index (χ0n) is 14.1. The fourth-order valence-corrected chi connectivity index (χ4v) is 3.31. The Balaban J connectivity index is 1.81. The summed E-state index contributed by atoms with van der Waals surface area (Å²) in [4.78, 5) is 19.3. The van der Waals surface area contributed by atoms with Gasteiger partial charge in [0, 0.05) is 18.5 Å². The van der Waals surface area contributed by atoms with Crippen LogP contribution in [0.4, 0.5) is 0 Å². The van der Waals surface area contributed by atoms with Crippen LogP contribution < -0.4 is 0 Å². The van der Waals surface area contributed by atoms with Crippen LogP contribution in [0.25, 0.3) is 0 Å². The molecule has 0 aromatic carbocycles. The maximum absolute atomic E-state index is 13.0. The summed E-state index contributed by atoms with van der Waals surface area (Å²) in [6.07, 6.45) is 2.55. The number of carbonyl (C=O) groups excluding carboxylic acids is 1. The third kappa shape index (κ3) is 2.90. The van der Waals surface area contributed by atoms with Crippen molar-refractivity contribution in [1.29, 1.82) is 0 Å². The van der Waals surface area contributed by atoms with E-state index in [0.29, 0.717) is 18.1 Å². The van der Waals surface area contributed by atoms with E-state index in [0.717, 1.165) is 36.5 Å². The van der Waals surface area contributed by atoms with Crippen LogP contribution in [0.3, 0.4) is 0 Å². The predicted octanol–water partition coefficient (Wildman–Crippen LogP) is 3.31. The van der Waals surface area contributed by atoms with Gasteiger partial charge in [-0.2, -0.15) is 4.98 Å². The Morgan fingerprint density at radius 1 is 1.48 bits per heavy atom. The number of hydrogen-bond acceptors (Lipinski definition) is 5. The summed E-state index contributed by atoms with van der Waals surface area (Å²) in [7, 11) is 0. The Hall–Kier alpha value is -2.11. The van der Waals surface area contributed by atoms with Crippen LogP contribution in [-0.2, 0) is 11.2 Å². The van der Waals surface area contributed by atoms with Gasteiger partial charge in [0.05, 0.1) is 12.0 Å². The van der Waals surface area contributed by atoms with E-state index in [2.05, 4.69) is 10.1 Å². The Morgan fingerprint density at radius 3 is 2.87 bits per heavy atom. The van der Waals surface area contributed by atoms with E-state index in [1.54, 1.807) is 0 Å². The maximum atomic E-state index is 13.0. The fraction of sp³-hybridized carbons (Fsp3) is 0.588. The van der Waals surface area contributed by atoms with E-state index in [1.165, 1.54) is 0 Å². The molecule has 23 heavy (non-hydrogen) atoms. The molecular weight excluding hydrogens is 294 g/mol. The SMILES string of the molecule is CCc1nc([C@H]2CCCN2C(=O)[C@@H](C)c2cc(C)oc2C)no1. The second-order valence-corrected chi connectivity index (χ2v) is 6.18. The highest BCUT2D eigenvalue weighted by Gasteiger charge is 2.36. The topological polar surface area (TPSA) is 72.4 Å². The molecule has 124 valence electrons. The summed E-state index contributed by atoms with van der Waals surface area (Å²) >= 11 is 0. The molecule has 0 saturated carbocycles. The molecule has 3 rings (SSSR count). The molecule has 1 fully saturated rings. The van der Waals surface area contributed by atoms with Gasteiger partial charge in [0.25, 0.3) is 0 Å². The number of furan rings is 1. The maximum Gasteiger partial charge on any atom is 0.230 e. The van der Waals surface area contributed by atoms with Gasteiger partial charge in [0.2, 0.25) is 11.8 Å². The third-order valence-electron chi connectivity index (χ3n) is 4.54. The van der Waals surface area contributed by atoms with E-state index in [-0.39, 0.29) is 17.9 Å². The minimum absolute atomic E-state index is 0.0812. The molecule has 2 atom stereocenters. The average Bonchev–Trinajstić information content (AvgIpc) is 3.23. The number of nitrogens with zero attached hydrogens (tertiary/aromatic N) is 3. The highest BCUT2D eigenvalue weighted by molar-refractivity contribution is 5.84. The van der Waals surface area contributed by atoms with E-state index < -0.39 is 0 Å². The molecule has 1 aliphatic rings. The van der Waals surface area contributed by atoms with Crippen molar-refractivity contribution in [3.63, 3.8) is 0 Å². The highest BCUT2D eigenvalue weighted by atomic mass is 16.5. The van der Waals surface area contributed by atoms with Crippen LogP contribution >= 0.6 is 0 Å². The molecular formula is C17H23N3O3. The number of aromatic nitrogens is 2. The second kappa shape index (κ2) is 6.18. The van der Waals surface area contributed by atoms with Crippen LogP contribution in [-0.4, -0.2) is 27.5 Å². The van der Waals surface area contributed by atoms with Gasteiger partial charge in [0.15, 0.2) is 5.82 Å². The van der Waals surface area contributed by atoms with Crippen molar-refractivity contribution in [2.45, 2.75) is 58.9 Å². The first-order valence-corrected chi connectivity index (χ1v) is 8.21. The molecule has 2 aromatic heterocycles. The van der Waals surface area contributed by atoms with Crippen LogP contribution in [0.15, 0.2) is 15.0 Å². The summed E-state index contributed by atoms with van der Waals surface area (Å²) in [6.45, 7) is 8.45. The Bertz CT molecular complexity index is 704. The molecule has 0 N–H and O–H groups in total. The van der Waals surface area contributed by atoms with E-state index in [1.807, 2.05) is 38.7 Å². The van der Waals surface area contributed by atoms with E-state index in [9.17, 15) is 4.79 Å². The Labute approximate surface area is 135 Å². The first-order chi connectivity index (χ1) is 11.0. The van der Waals surface area contributed by atoms with Crippen molar-refractivity contribution in [2.24, 2.45) is 0 Å². The average molecular weight is 317 g/mol. The third-order valence-corrected chi connectivity index (χ3v) is 4.54. The molecule has 0 radical (unpaired) electrons. The smallest absolute Gasteiger partial charge is 0.230 e. The molecule has 6 heteroatoms. The number of amides is 1. The highest BCUT2D eigenvalue weighted by Crippen LogP contribution is 2.34. The van der Waals surface area contributed by atoms with Crippen molar-refractivity contribution in [3.8, 4) is 0 Å². The predicted molar refractivity (Wildman–Crippen MR) is 84.0 cm³/mol. The van der Waals surface area contributed by atoms with Crippen molar-refractivity contribution in [3.05, 3.63) is 34.9 Å². The largest absolute Gasteiger partial charge is 0.466 e. The molecule has 2 aromatic rings. The molecule has 3 heterocycles. The normalized spacial score (nSPS) is 19.3. The van der Waals surface area contributed by atoms with Gasteiger partial charge in [-0.15, -0.1) is 0 Å². The fourth-order valence-electron chi connectivity index (χ4n) is 3.31. The van der Waals surface area contributed by atoms with Gasteiger partial charge in [-0.25, -0.2) is 0 Å². The summed E-state index contributed by atoms with van der Waals surface area (Å²) in [6, 6.07) is 1.87. The van der Waals surface area contributed by atoms with Crippen LogP contribution in [0.5, 0.6) is 0 Å². The molecule has 1 saturated heterocycles. The lowest BCUT2D eigenvalue weighted by Gasteiger charge is -2.25. The van der Waals surface area contributed by atoms with Crippen LogP contribution in [0.1, 0.15) is 67.4 Å². The quantitative estimate of drug-likeness (QED) is 0.865. The second-order valence-electron chi connectivity index (χ2n) is 6.18. The van der Waals surface area contributed by atoms with Gasteiger partial charge >= 0.3 is 0 Å². The number of likely N-dealkylation sites (tertiary alicyclic amines) is 1.